The molecule has 12 rings (SSSR count). The van der Waals surface area contributed by atoms with E-state index in [1.165, 1.54) is 50.3 Å². The average molecular weight is 790 g/mol. The number of fused-ring (bicyclic) bond motifs is 9. The minimum atomic E-state index is -0.495. The summed E-state index contributed by atoms with van der Waals surface area (Å²) >= 11 is 0. The predicted octanol–water partition coefficient (Wildman–Crippen LogP) is 15.0. The van der Waals surface area contributed by atoms with E-state index < -0.39 is 5.41 Å². The van der Waals surface area contributed by atoms with Gasteiger partial charge in [-0.3, -0.25) is 0 Å². The zero-order chi connectivity index (χ0) is 41.0. The van der Waals surface area contributed by atoms with Crippen molar-refractivity contribution in [2.75, 3.05) is 4.90 Å². The molecule has 0 saturated carbocycles. The van der Waals surface area contributed by atoms with Crippen molar-refractivity contribution in [3.05, 3.63) is 259 Å². The zero-order valence-electron chi connectivity index (χ0n) is 33.9. The van der Waals surface area contributed by atoms with Gasteiger partial charge in [0.15, 0.2) is 5.82 Å². The third-order valence-electron chi connectivity index (χ3n) is 12.7. The van der Waals surface area contributed by atoms with Gasteiger partial charge in [0, 0.05) is 22.4 Å². The van der Waals surface area contributed by atoms with E-state index in [-0.39, 0.29) is 0 Å². The highest BCUT2D eigenvalue weighted by molar-refractivity contribution is 5.96. The summed E-state index contributed by atoms with van der Waals surface area (Å²) in [6.45, 7) is 0. The lowest BCUT2D eigenvalue weighted by molar-refractivity contribution is 0.753. The van der Waals surface area contributed by atoms with Crippen molar-refractivity contribution in [2.24, 2.45) is 0 Å². The molecule has 2 aliphatic rings. The van der Waals surface area contributed by atoms with E-state index >= 15 is 0 Å². The third-order valence-corrected chi connectivity index (χ3v) is 12.7. The number of rotatable bonds is 6. The molecule has 0 bridgehead atoms. The van der Waals surface area contributed by atoms with E-state index in [9.17, 15) is 0 Å². The van der Waals surface area contributed by atoms with E-state index in [1.54, 1.807) is 0 Å². The molecule has 62 heavy (non-hydrogen) atoms. The number of aromatic nitrogens is 2. The highest BCUT2D eigenvalue weighted by atomic mass is 15.2. The van der Waals surface area contributed by atoms with Gasteiger partial charge in [0.05, 0.1) is 28.2 Å². The monoisotopic (exact) mass is 789 g/mol. The summed E-state index contributed by atoms with van der Waals surface area (Å²) in [5.74, 6) is 0.692. The van der Waals surface area contributed by atoms with E-state index in [0.717, 1.165) is 50.5 Å². The van der Waals surface area contributed by atoms with Crippen LogP contribution in [0.4, 0.5) is 17.1 Å². The smallest absolute Gasteiger partial charge is 0.160 e. The van der Waals surface area contributed by atoms with Gasteiger partial charge in [-0.2, -0.15) is 0 Å². The molecule has 0 amide bonds. The van der Waals surface area contributed by atoms with Crippen molar-refractivity contribution in [3.63, 3.8) is 0 Å². The number of benzene rings is 9. The fourth-order valence-corrected chi connectivity index (χ4v) is 9.95. The number of anilines is 3. The molecular formula is C59H39N3. The van der Waals surface area contributed by atoms with E-state index in [2.05, 4.69) is 235 Å². The first-order valence-corrected chi connectivity index (χ1v) is 21.2. The van der Waals surface area contributed by atoms with Crippen LogP contribution in [-0.2, 0) is 5.41 Å². The summed E-state index contributed by atoms with van der Waals surface area (Å²) in [4.78, 5) is 12.9. The van der Waals surface area contributed by atoms with Crippen LogP contribution in [0, 0.1) is 0 Å². The second-order valence-electron chi connectivity index (χ2n) is 16.1. The summed E-state index contributed by atoms with van der Waals surface area (Å²) < 4.78 is 0. The number of nitrogens with zero attached hydrogens (tertiary/aromatic N) is 3. The van der Waals surface area contributed by atoms with Gasteiger partial charge in [0.2, 0.25) is 0 Å². The minimum Gasteiger partial charge on any atom is -0.310 e. The van der Waals surface area contributed by atoms with Gasteiger partial charge in [0.25, 0.3) is 0 Å². The third kappa shape index (κ3) is 5.67. The first-order chi connectivity index (χ1) is 30.7. The molecule has 0 radical (unpaired) electrons. The number of para-hydroxylation sites is 3. The van der Waals surface area contributed by atoms with Crippen LogP contribution in [0.1, 0.15) is 22.3 Å². The molecule has 1 aliphatic heterocycles. The Kier molecular flexibility index (Phi) is 8.39. The summed E-state index contributed by atoms with van der Waals surface area (Å²) in [5.41, 5.74) is 20.2. The van der Waals surface area contributed by atoms with Gasteiger partial charge in [-0.05, 0) is 104 Å². The molecule has 9 aromatic carbocycles. The van der Waals surface area contributed by atoms with Crippen LogP contribution >= 0.6 is 0 Å². The fraction of sp³-hybridized carbons (Fsp3) is 0.0169. The molecule has 0 N–H and O–H groups in total. The number of hydrogen-bond acceptors (Lipinski definition) is 3. The van der Waals surface area contributed by atoms with Crippen LogP contribution in [0.15, 0.2) is 237 Å². The summed E-state index contributed by atoms with van der Waals surface area (Å²) in [7, 11) is 0. The van der Waals surface area contributed by atoms with Crippen LogP contribution in [0.5, 0.6) is 0 Å². The molecule has 0 fully saturated rings. The van der Waals surface area contributed by atoms with E-state index in [4.69, 9.17) is 9.97 Å². The number of hydrogen-bond donors (Lipinski definition) is 0. The molecule has 0 unspecified atom stereocenters. The van der Waals surface area contributed by atoms with Crippen molar-refractivity contribution in [1.82, 2.24) is 9.97 Å². The minimum absolute atomic E-state index is 0.495. The Labute approximate surface area is 361 Å². The molecule has 1 aliphatic carbocycles. The normalized spacial score (nSPS) is 12.9. The van der Waals surface area contributed by atoms with Crippen molar-refractivity contribution in [1.29, 1.82) is 0 Å². The average Bonchev–Trinajstić information content (AvgIpc) is 3.65. The lowest BCUT2D eigenvalue weighted by Crippen LogP contribution is -2.36. The van der Waals surface area contributed by atoms with E-state index in [1.807, 2.05) is 6.07 Å². The molecular weight excluding hydrogens is 751 g/mol. The van der Waals surface area contributed by atoms with Gasteiger partial charge < -0.3 is 4.90 Å². The Hall–Kier alpha value is -8.14. The Balaban J connectivity index is 1.00. The van der Waals surface area contributed by atoms with Crippen molar-refractivity contribution >= 4 is 17.1 Å². The van der Waals surface area contributed by atoms with Gasteiger partial charge in [0.1, 0.15) is 0 Å². The Morgan fingerprint density at radius 3 is 1.45 bits per heavy atom. The van der Waals surface area contributed by atoms with Gasteiger partial charge in [-0.25, -0.2) is 9.97 Å². The quantitative estimate of drug-likeness (QED) is 0.168. The lowest BCUT2D eigenvalue weighted by atomic mass is 9.64. The Morgan fingerprint density at radius 2 is 0.758 bits per heavy atom. The van der Waals surface area contributed by atoms with Gasteiger partial charge in [-0.15, -0.1) is 0 Å². The van der Waals surface area contributed by atoms with Gasteiger partial charge >= 0.3 is 0 Å². The van der Waals surface area contributed by atoms with Crippen LogP contribution in [0.3, 0.4) is 0 Å². The van der Waals surface area contributed by atoms with Crippen molar-refractivity contribution in [2.45, 2.75) is 5.41 Å². The van der Waals surface area contributed by atoms with Crippen LogP contribution < -0.4 is 4.90 Å². The van der Waals surface area contributed by atoms with E-state index in [0.29, 0.717) is 5.82 Å². The first kappa shape index (κ1) is 35.8. The molecule has 2 heterocycles. The van der Waals surface area contributed by atoms with Crippen LogP contribution in [-0.4, -0.2) is 9.97 Å². The van der Waals surface area contributed by atoms with Crippen molar-refractivity contribution < 1.29 is 0 Å². The topological polar surface area (TPSA) is 29.0 Å². The van der Waals surface area contributed by atoms with Crippen LogP contribution in [0.2, 0.25) is 0 Å². The summed E-state index contributed by atoms with van der Waals surface area (Å²) in [6, 6.07) is 85.1. The highest BCUT2D eigenvalue weighted by Crippen LogP contribution is 2.63. The largest absolute Gasteiger partial charge is 0.310 e. The SMILES string of the molecule is c1ccc(-c2cccc(-c3cc(-c4ccccc4)nc(-c4cccc(-c5ccc6c(c5)-c5ccccc5C65c6ccccc6N(c6ccccc6)c6ccccc65)c4)n3)c2)cc1. The summed E-state index contributed by atoms with van der Waals surface area (Å²) in [5, 5.41) is 0. The maximum absolute atomic E-state index is 5.27. The maximum Gasteiger partial charge on any atom is 0.160 e. The predicted molar refractivity (Wildman–Crippen MR) is 255 cm³/mol. The molecule has 290 valence electrons. The first-order valence-electron chi connectivity index (χ1n) is 21.2. The molecule has 0 atom stereocenters. The molecule has 3 nitrogen and oxygen atoms in total. The molecule has 0 saturated heterocycles. The van der Waals surface area contributed by atoms with Crippen molar-refractivity contribution in [3.8, 4) is 67.3 Å². The second kappa shape index (κ2) is 14.5. The highest BCUT2D eigenvalue weighted by Gasteiger charge is 2.51. The summed E-state index contributed by atoms with van der Waals surface area (Å²) in [6.07, 6.45) is 0. The second-order valence-corrected chi connectivity index (χ2v) is 16.1. The molecule has 10 aromatic rings. The molecule has 1 spiro atoms. The Bertz CT molecular complexity index is 3250. The standard InChI is InChI=1S/C59H39N3/c1-4-18-40(19-5-1)42-22-16-24-45(36-42)55-39-54(41-20-6-2-7-21-41)60-58(61-55)46-25-17-23-43(37-46)44-34-35-51-49(38-44)48-28-10-11-29-50(48)59(51)52-30-12-14-32-56(52)62(47-26-8-3-9-27-47)57-33-15-13-31-53(57)59/h1-39H. The van der Waals surface area contributed by atoms with Gasteiger partial charge in [-0.1, -0.05) is 188 Å². The maximum atomic E-state index is 5.27. The zero-order valence-corrected chi connectivity index (χ0v) is 33.9. The lowest BCUT2D eigenvalue weighted by Gasteiger charge is -2.45. The molecule has 1 aromatic heterocycles. The Morgan fingerprint density at radius 1 is 0.290 bits per heavy atom. The fourth-order valence-electron chi connectivity index (χ4n) is 9.95. The molecule has 3 heteroatoms. The van der Waals surface area contributed by atoms with Crippen LogP contribution in [0.25, 0.3) is 67.3 Å².